The van der Waals surface area contributed by atoms with Crippen molar-refractivity contribution in [1.29, 1.82) is 0 Å². The first-order valence-corrected chi connectivity index (χ1v) is 13.2. The zero-order valence-electron chi connectivity index (χ0n) is 22.6. The van der Waals surface area contributed by atoms with E-state index < -0.39 is 18.0 Å². The van der Waals surface area contributed by atoms with Crippen LogP contribution in [0.2, 0.25) is 0 Å². The number of allylic oxidation sites excluding steroid dienone is 1. The fourth-order valence-corrected chi connectivity index (χ4v) is 5.34. The van der Waals surface area contributed by atoms with Crippen molar-refractivity contribution in [3.63, 3.8) is 0 Å². The van der Waals surface area contributed by atoms with Gasteiger partial charge in [0.1, 0.15) is 0 Å². The summed E-state index contributed by atoms with van der Waals surface area (Å²) < 4.78 is 23.3. The number of thiazole rings is 1. The summed E-state index contributed by atoms with van der Waals surface area (Å²) in [5.74, 6) is 0.121. The zero-order valence-corrected chi connectivity index (χ0v) is 23.5. The number of rotatable bonds is 8. The van der Waals surface area contributed by atoms with E-state index in [1.165, 1.54) is 23.0 Å². The van der Waals surface area contributed by atoms with Crippen LogP contribution in [-0.4, -0.2) is 43.4 Å². The number of ether oxygens (including phenoxy) is 4. The predicted molar refractivity (Wildman–Crippen MR) is 147 cm³/mol. The molecule has 0 aliphatic carbocycles. The monoisotopic (exact) mass is 550 g/mol. The van der Waals surface area contributed by atoms with E-state index in [0.29, 0.717) is 44.3 Å². The average Bonchev–Trinajstić information content (AvgIpc) is 3.21. The number of hydrogen-bond donors (Lipinski definition) is 0. The molecule has 1 aliphatic rings. The third kappa shape index (κ3) is 5.65. The Bertz CT molecular complexity index is 1610. The van der Waals surface area contributed by atoms with Crippen molar-refractivity contribution in [2.24, 2.45) is 4.99 Å². The molecule has 0 fully saturated rings. The summed E-state index contributed by atoms with van der Waals surface area (Å²) in [5.41, 5.74) is 2.13. The van der Waals surface area contributed by atoms with Gasteiger partial charge in [0.2, 0.25) is 0 Å². The van der Waals surface area contributed by atoms with Crippen LogP contribution in [0.25, 0.3) is 6.08 Å². The van der Waals surface area contributed by atoms with Crippen LogP contribution in [0.4, 0.5) is 0 Å². The van der Waals surface area contributed by atoms with Gasteiger partial charge in [-0.1, -0.05) is 29.5 Å². The van der Waals surface area contributed by atoms with Crippen molar-refractivity contribution in [2.45, 2.75) is 39.8 Å². The summed E-state index contributed by atoms with van der Waals surface area (Å²) in [7, 11) is 2.86. The molecule has 10 heteroatoms. The molecule has 9 nitrogen and oxygen atoms in total. The molecule has 0 amide bonds. The highest BCUT2D eigenvalue weighted by molar-refractivity contribution is 7.07. The lowest BCUT2D eigenvalue weighted by molar-refractivity contribution is -0.143. The van der Waals surface area contributed by atoms with Gasteiger partial charge in [-0.2, -0.15) is 0 Å². The molecule has 0 bridgehead atoms. The SMILES string of the molecule is CCOc1ccc(C=c2sc3n(c2=O)C(c2ccc(C(=O)OC)cc2)C(C(=O)OC(C)C)=C(C)N=3)cc1OC. The third-order valence-electron chi connectivity index (χ3n) is 6.02. The van der Waals surface area contributed by atoms with Crippen molar-refractivity contribution in [2.75, 3.05) is 20.8 Å². The van der Waals surface area contributed by atoms with E-state index in [4.69, 9.17) is 18.9 Å². The molecule has 0 spiro atoms. The summed E-state index contributed by atoms with van der Waals surface area (Å²) in [6.07, 6.45) is 1.39. The van der Waals surface area contributed by atoms with Crippen LogP contribution in [0, 0.1) is 0 Å². The second-order valence-electron chi connectivity index (χ2n) is 8.99. The van der Waals surface area contributed by atoms with E-state index in [1.54, 1.807) is 70.4 Å². The van der Waals surface area contributed by atoms with Gasteiger partial charge in [0.25, 0.3) is 5.56 Å². The summed E-state index contributed by atoms with van der Waals surface area (Å²) in [5, 5.41) is 0. The number of esters is 2. The number of methoxy groups -OCH3 is 2. The number of fused-ring (bicyclic) bond motifs is 1. The summed E-state index contributed by atoms with van der Waals surface area (Å²) in [6, 6.07) is 11.2. The molecular weight excluding hydrogens is 520 g/mol. The Morgan fingerprint density at radius 2 is 1.79 bits per heavy atom. The van der Waals surface area contributed by atoms with Gasteiger partial charge in [-0.05, 0) is 69.2 Å². The van der Waals surface area contributed by atoms with Crippen molar-refractivity contribution in [3.8, 4) is 11.5 Å². The smallest absolute Gasteiger partial charge is 0.338 e. The van der Waals surface area contributed by atoms with Gasteiger partial charge < -0.3 is 18.9 Å². The molecule has 1 aromatic heterocycles. The second-order valence-corrected chi connectivity index (χ2v) is 10.0. The summed E-state index contributed by atoms with van der Waals surface area (Å²) >= 11 is 1.22. The van der Waals surface area contributed by atoms with Gasteiger partial charge in [0, 0.05) is 0 Å². The molecule has 1 aliphatic heterocycles. The quantitative estimate of drug-likeness (QED) is 0.396. The minimum absolute atomic E-state index is 0.260. The lowest BCUT2D eigenvalue weighted by Gasteiger charge is -2.25. The fourth-order valence-electron chi connectivity index (χ4n) is 4.30. The number of carbonyl (C=O) groups is 2. The third-order valence-corrected chi connectivity index (χ3v) is 7.00. The lowest BCUT2D eigenvalue weighted by atomic mass is 9.95. The Morgan fingerprint density at radius 1 is 1.08 bits per heavy atom. The second kappa shape index (κ2) is 11.7. The first kappa shape index (κ1) is 27.8. The maximum absolute atomic E-state index is 13.8. The molecular formula is C29H30N2O7S. The number of aromatic nitrogens is 1. The number of hydrogen-bond acceptors (Lipinski definition) is 9. The van der Waals surface area contributed by atoms with Crippen molar-refractivity contribution in [1.82, 2.24) is 4.57 Å². The molecule has 1 unspecified atom stereocenters. The molecule has 204 valence electrons. The Kier molecular flexibility index (Phi) is 8.35. The highest BCUT2D eigenvalue weighted by Gasteiger charge is 2.34. The maximum Gasteiger partial charge on any atom is 0.338 e. The van der Waals surface area contributed by atoms with Crippen LogP contribution >= 0.6 is 11.3 Å². The van der Waals surface area contributed by atoms with Gasteiger partial charge in [0.15, 0.2) is 16.3 Å². The normalized spacial score (nSPS) is 15.1. The van der Waals surface area contributed by atoms with Crippen molar-refractivity contribution >= 4 is 29.4 Å². The van der Waals surface area contributed by atoms with Crippen LogP contribution in [0.5, 0.6) is 11.5 Å². The van der Waals surface area contributed by atoms with Gasteiger partial charge >= 0.3 is 11.9 Å². The van der Waals surface area contributed by atoms with E-state index in [-0.39, 0.29) is 17.2 Å². The highest BCUT2D eigenvalue weighted by atomic mass is 32.1. The van der Waals surface area contributed by atoms with Crippen LogP contribution in [0.15, 0.2) is 63.5 Å². The highest BCUT2D eigenvalue weighted by Crippen LogP contribution is 2.31. The minimum Gasteiger partial charge on any atom is -0.493 e. The van der Waals surface area contributed by atoms with Crippen LogP contribution in [0.3, 0.4) is 0 Å². The number of nitrogens with zero attached hydrogens (tertiary/aromatic N) is 2. The van der Waals surface area contributed by atoms with Gasteiger partial charge in [0.05, 0.1) is 54.3 Å². The Labute approximate surface area is 229 Å². The molecule has 0 N–H and O–H groups in total. The molecule has 0 radical (unpaired) electrons. The molecule has 2 heterocycles. The van der Waals surface area contributed by atoms with Crippen molar-refractivity contribution in [3.05, 3.63) is 90.1 Å². The first-order valence-electron chi connectivity index (χ1n) is 12.4. The zero-order chi connectivity index (χ0) is 28.3. The molecule has 4 rings (SSSR count). The van der Waals surface area contributed by atoms with Gasteiger partial charge in [-0.15, -0.1) is 0 Å². The lowest BCUT2D eigenvalue weighted by Crippen LogP contribution is -2.40. The van der Waals surface area contributed by atoms with E-state index in [1.807, 2.05) is 13.0 Å². The number of carbonyl (C=O) groups excluding carboxylic acids is 2. The van der Waals surface area contributed by atoms with E-state index >= 15 is 0 Å². The Balaban J connectivity index is 1.89. The molecule has 39 heavy (non-hydrogen) atoms. The summed E-state index contributed by atoms with van der Waals surface area (Å²) in [4.78, 5) is 44.1. The van der Waals surface area contributed by atoms with Gasteiger partial charge in [-0.3, -0.25) is 9.36 Å². The summed E-state index contributed by atoms with van der Waals surface area (Å²) in [6.45, 7) is 7.63. The van der Waals surface area contributed by atoms with E-state index in [9.17, 15) is 14.4 Å². The molecule has 2 aromatic carbocycles. The molecule has 3 aromatic rings. The predicted octanol–water partition coefficient (Wildman–Crippen LogP) is 3.38. The topological polar surface area (TPSA) is 105 Å². The Hall–Kier alpha value is -4.18. The van der Waals surface area contributed by atoms with Crippen LogP contribution in [-0.2, 0) is 14.3 Å². The maximum atomic E-state index is 13.8. The van der Waals surface area contributed by atoms with Gasteiger partial charge in [-0.25, -0.2) is 14.6 Å². The molecule has 0 saturated heterocycles. The van der Waals surface area contributed by atoms with E-state index in [0.717, 1.165) is 5.56 Å². The standard InChI is InChI=1S/C29H30N2O7S/c1-7-37-21-13-8-18(14-22(21)35-5)15-23-26(32)31-25(19-9-11-20(12-10-19)27(33)36-6)24(28(34)38-16(2)3)17(4)30-29(31)39-23/h8-16,25H,7H2,1-6H3. The average molecular weight is 551 g/mol. The largest absolute Gasteiger partial charge is 0.493 e. The van der Waals surface area contributed by atoms with E-state index in [2.05, 4.69) is 4.99 Å². The molecule has 0 saturated carbocycles. The fraction of sp³-hybridized carbons (Fsp3) is 0.310. The minimum atomic E-state index is -0.795. The van der Waals surface area contributed by atoms with Crippen LogP contribution in [0.1, 0.15) is 55.2 Å². The Morgan fingerprint density at radius 3 is 2.41 bits per heavy atom. The van der Waals surface area contributed by atoms with Crippen molar-refractivity contribution < 1.29 is 28.5 Å². The molecule has 1 atom stereocenters. The van der Waals surface area contributed by atoms with Crippen LogP contribution < -0.4 is 24.4 Å². The first-order chi connectivity index (χ1) is 18.7. The number of benzene rings is 2.